The Morgan fingerprint density at radius 2 is 0.707 bits per heavy atom. The maximum atomic E-state index is 10.2. The maximum Gasteiger partial charge on any atom is 0.160 e. The fraction of sp³-hybridized carbons (Fsp3) is 0. The molecular formula is C53H33N5. The van der Waals surface area contributed by atoms with Crippen LogP contribution in [0.4, 0.5) is 0 Å². The van der Waals surface area contributed by atoms with Crippen molar-refractivity contribution in [2.45, 2.75) is 0 Å². The molecule has 0 aliphatic heterocycles. The van der Waals surface area contributed by atoms with Crippen molar-refractivity contribution in [2.75, 3.05) is 0 Å². The molecule has 0 radical (unpaired) electrons. The van der Waals surface area contributed by atoms with Crippen molar-refractivity contribution in [3.8, 4) is 84.7 Å². The zero-order valence-corrected chi connectivity index (χ0v) is 31.3. The third kappa shape index (κ3) is 6.55. The fourth-order valence-corrected chi connectivity index (χ4v) is 7.67. The Morgan fingerprint density at radius 1 is 0.310 bits per heavy atom. The Morgan fingerprint density at radius 3 is 1.22 bits per heavy atom. The van der Waals surface area contributed by atoms with Gasteiger partial charge in [0.05, 0.1) is 34.1 Å². The van der Waals surface area contributed by atoms with Gasteiger partial charge >= 0.3 is 0 Å². The second kappa shape index (κ2) is 14.9. The lowest BCUT2D eigenvalue weighted by molar-refractivity contribution is 1.23. The van der Waals surface area contributed by atoms with Crippen molar-refractivity contribution < 1.29 is 0 Å². The molecule has 58 heavy (non-hydrogen) atoms. The summed E-state index contributed by atoms with van der Waals surface area (Å²) in [7, 11) is 0. The standard InChI is InChI=1S/C53H33N5/c54-34-41-19-7-8-24-45(41)44-32-42(37-20-13-22-39(29-37)52-55-48-27-11-9-25-46(48)50(57-52)35-15-3-1-4-16-35)31-43(33-44)38-21-14-23-40(30-38)53-56-49-28-12-10-26-47(49)51(58-53)36-17-5-2-6-18-36/h1-33H. The van der Waals surface area contributed by atoms with Gasteiger partial charge in [0.2, 0.25) is 0 Å². The second-order valence-corrected chi connectivity index (χ2v) is 14.2. The van der Waals surface area contributed by atoms with Gasteiger partial charge in [-0.05, 0) is 81.9 Å². The summed E-state index contributed by atoms with van der Waals surface area (Å²) in [5.74, 6) is 1.31. The van der Waals surface area contributed by atoms with Gasteiger partial charge in [-0.25, -0.2) is 19.9 Å². The van der Waals surface area contributed by atoms with Crippen molar-refractivity contribution in [1.82, 2.24) is 19.9 Å². The van der Waals surface area contributed by atoms with Crippen LogP contribution in [0.1, 0.15) is 5.56 Å². The molecule has 0 spiro atoms. The van der Waals surface area contributed by atoms with Crippen LogP contribution in [-0.2, 0) is 0 Å². The van der Waals surface area contributed by atoms with Crippen LogP contribution < -0.4 is 0 Å². The van der Waals surface area contributed by atoms with E-state index in [2.05, 4.69) is 109 Å². The normalized spacial score (nSPS) is 11.1. The monoisotopic (exact) mass is 739 g/mol. The highest BCUT2D eigenvalue weighted by molar-refractivity contribution is 5.95. The van der Waals surface area contributed by atoms with E-state index in [1.54, 1.807) is 0 Å². The summed E-state index contributed by atoms with van der Waals surface area (Å²) in [5, 5.41) is 12.2. The first kappa shape index (κ1) is 34.4. The molecule has 0 aliphatic carbocycles. The number of benzene rings is 8. The number of para-hydroxylation sites is 2. The van der Waals surface area contributed by atoms with E-state index in [1.807, 2.05) is 97.1 Å². The highest BCUT2D eigenvalue weighted by Gasteiger charge is 2.16. The average Bonchev–Trinajstić information content (AvgIpc) is 3.31. The van der Waals surface area contributed by atoms with Crippen LogP contribution in [0.2, 0.25) is 0 Å². The highest BCUT2D eigenvalue weighted by Crippen LogP contribution is 2.38. The van der Waals surface area contributed by atoms with E-state index in [4.69, 9.17) is 19.9 Å². The molecular weight excluding hydrogens is 707 g/mol. The van der Waals surface area contributed by atoms with Crippen LogP contribution in [-0.4, -0.2) is 19.9 Å². The van der Waals surface area contributed by atoms with Gasteiger partial charge in [-0.2, -0.15) is 5.26 Å². The first-order valence-electron chi connectivity index (χ1n) is 19.2. The molecule has 0 bridgehead atoms. The van der Waals surface area contributed by atoms with E-state index in [1.165, 1.54) is 0 Å². The summed E-state index contributed by atoms with van der Waals surface area (Å²) in [6, 6.07) is 70.3. The molecule has 0 unspecified atom stereocenters. The van der Waals surface area contributed by atoms with Gasteiger partial charge in [0, 0.05) is 33.0 Å². The number of hydrogen-bond acceptors (Lipinski definition) is 5. The van der Waals surface area contributed by atoms with E-state index < -0.39 is 0 Å². The van der Waals surface area contributed by atoms with Crippen molar-refractivity contribution >= 4 is 21.8 Å². The largest absolute Gasteiger partial charge is 0.228 e. The summed E-state index contributed by atoms with van der Waals surface area (Å²) >= 11 is 0. The third-order valence-electron chi connectivity index (χ3n) is 10.5. The molecule has 0 amide bonds. The van der Waals surface area contributed by atoms with Gasteiger partial charge in [0.15, 0.2) is 11.6 Å². The number of aromatic nitrogens is 4. The van der Waals surface area contributed by atoms with Crippen LogP contribution in [0.5, 0.6) is 0 Å². The molecule has 5 nitrogen and oxygen atoms in total. The van der Waals surface area contributed by atoms with Gasteiger partial charge in [0.25, 0.3) is 0 Å². The Hall–Kier alpha value is -8.07. The lowest BCUT2D eigenvalue weighted by Gasteiger charge is -2.14. The predicted octanol–water partition coefficient (Wildman–Crippen LogP) is 13.1. The molecule has 10 rings (SSSR count). The van der Waals surface area contributed by atoms with Gasteiger partial charge in [-0.15, -0.1) is 0 Å². The molecule has 2 heterocycles. The number of nitriles is 1. The first-order valence-corrected chi connectivity index (χ1v) is 19.2. The molecule has 8 aromatic carbocycles. The number of hydrogen-bond donors (Lipinski definition) is 0. The van der Waals surface area contributed by atoms with E-state index >= 15 is 0 Å². The number of rotatable bonds is 7. The summed E-state index contributed by atoms with van der Waals surface area (Å²) < 4.78 is 0. The van der Waals surface area contributed by atoms with Crippen LogP contribution in [0.15, 0.2) is 200 Å². The van der Waals surface area contributed by atoms with Crippen molar-refractivity contribution in [3.63, 3.8) is 0 Å². The molecule has 0 saturated heterocycles. The van der Waals surface area contributed by atoms with Crippen LogP contribution in [0.25, 0.3) is 100 Å². The van der Waals surface area contributed by atoms with Crippen LogP contribution in [0, 0.1) is 11.3 Å². The predicted molar refractivity (Wildman–Crippen MR) is 235 cm³/mol. The second-order valence-electron chi connectivity index (χ2n) is 14.2. The molecule has 0 aliphatic rings. The van der Waals surface area contributed by atoms with Gasteiger partial charge in [-0.3, -0.25) is 0 Å². The SMILES string of the molecule is N#Cc1ccccc1-c1cc(-c2cccc(-c3nc(-c4ccccc4)c4ccccc4n3)c2)cc(-c2cccc(-c3nc(-c4ccccc4)c4ccccc4n3)c2)c1. The Labute approximate surface area is 336 Å². The minimum atomic E-state index is 0.615. The Bertz CT molecular complexity index is 3000. The zero-order valence-electron chi connectivity index (χ0n) is 31.3. The Kier molecular flexibility index (Phi) is 8.83. The quantitative estimate of drug-likeness (QED) is 0.163. The maximum absolute atomic E-state index is 10.2. The zero-order chi connectivity index (χ0) is 38.8. The molecule has 0 fully saturated rings. The topological polar surface area (TPSA) is 75.3 Å². The minimum absolute atomic E-state index is 0.615. The molecule has 5 heteroatoms. The third-order valence-corrected chi connectivity index (χ3v) is 10.5. The number of fused-ring (bicyclic) bond motifs is 2. The lowest BCUT2D eigenvalue weighted by Crippen LogP contribution is -1.96. The van der Waals surface area contributed by atoms with Gasteiger partial charge in [0.1, 0.15) is 0 Å². The van der Waals surface area contributed by atoms with Crippen LogP contribution in [0.3, 0.4) is 0 Å². The van der Waals surface area contributed by atoms with Gasteiger partial charge in [-0.1, -0.05) is 152 Å². The first-order chi connectivity index (χ1) is 28.7. The lowest BCUT2D eigenvalue weighted by atomic mass is 9.91. The Balaban J connectivity index is 1.12. The highest BCUT2D eigenvalue weighted by atomic mass is 14.9. The van der Waals surface area contributed by atoms with Crippen molar-refractivity contribution in [3.05, 3.63) is 206 Å². The molecule has 10 aromatic rings. The fourth-order valence-electron chi connectivity index (χ4n) is 7.67. The van der Waals surface area contributed by atoms with E-state index in [0.717, 1.165) is 88.8 Å². The average molecular weight is 740 g/mol. The molecule has 0 N–H and O–H groups in total. The summed E-state index contributed by atoms with van der Waals surface area (Å²) in [5.41, 5.74) is 13.9. The molecule has 0 saturated carbocycles. The summed E-state index contributed by atoms with van der Waals surface area (Å²) in [6.07, 6.45) is 0. The van der Waals surface area contributed by atoms with Crippen LogP contribution >= 0.6 is 0 Å². The van der Waals surface area contributed by atoms with Crippen molar-refractivity contribution in [2.24, 2.45) is 0 Å². The molecule has 270 valence electrons. The van der Waals surface area contributed by atoms with Gasteiger partial charge < -0.3 is 0 Å². The number of nitrogens with zero attached hydrogens (tertiary/aromatic N) is 5. The van der Waals surface area contributed by atoms with Crippen molar-refractivity contribution in [1.29, 1.82) is 5.26 Å². The summed E-state index contributed by atoms with van der Waals surface area (Å²) in [4.78, 5) is 20.4. The van der Waals surface area contributed by atoms with E-state index in [9.17, 15) is 5.26 Å². The summed E-state index contributed by atoms with van der Waals surface area (Å²) in [6.45, 7) is 0. The van der Waals surface area contributed by atoms with E-state index in [0.29, 0.717) is 17.2 Å². The smallest absolute Gasteiger partial charge is 0.160 e. The molecule has 0 atom stereocenters. The molecule has 2 aromatic heterocycles. The van der Waals surface area contributed by atoms with E-state index in [-0.39, 0.29) is 0 Å². The minimum Gasteiger partial charge on any atom is -0.228 e.